The molecular formula is C25H31N3O3S2. The van der Waals surface area contributed by atoms with Crippen molar-refractivity contribution in [1.29, 1.82) is 0 Å². The second-order valence-electron chi connectivity index (χ2n) is 8.90. The van der Waals surface area contributed by atoms with Crippen LogP contribution in [0.15, 0.2) is 47.4 Å². The molecule has 0 spiro atoms. The standard InChI is InChI=1S/C25H31N3O3S2/c1-16-9-10-20(15-23(16)33(30,31)28-21-11-13-22(29)14-12-21)24-18(3)27-25(32-24)26-17(2)19-7-5-4-6-8-19/h9-15,17,19,28-29H,4-8H2,1-3H3,(H,26,27)/t17-/m0/s1. The smallest absolute Gasteiger partial charge is 0.262 e. The molecule has 1 aromatic heterocycles. The van der Waals surface area contributed by atoms with Crippen molar-refractivity contribution in [2.45, 2.75) is 63.8 Å². The predicted octanol–water partition coefficient (Wildman–Crippen LogP) is 6.31. The highest BCUT2D eigenvalue weighted by Crippen LogP contribution is 2.36. The Kier molecular flexibility index (Phi) is 6.95. The van der Waals surface area contributed by atoms with Gasteiger partial charge in [0.05, 0.1) is 15.5 Å². The minimum atomic E-state index is -3.79. The van der Waals surface area contributed by atoms with Crippen LogP contribution in [0.5, 0.6) is 5.75 Å². The number of thiazole rings is 1. The molecule has 1 heterocycles. The molecule has 33 heavy (non-hydrogen) atoms. The Labute approximate surface area is 200 Å². The van der Waals surface area contributed by atoms with E-state index >= 15 is 0 Å². The van der Waals surface area contributed by atoms with Gasteiger partial charge in [0.25, 0.3) is 10.0 Å². The molecule has 0 saturated heterocycles. The zero-order chi connectivity index (χ0) is 23.6. The third-order valence-electron chi connectivity index (χ3n) is 6.36. The van der Waals surface area contributed by atoms with Crippen LogP contribution in [0.4, 0.5) is 10.8 Å². The number of aromatic nitrogens is 1. The number of hydrogen-bond donors (Lipinski definition) is 3. The van der Waals surface area contributed by atoms with Crippen molar-refractivity contribution in [3.05, 3.63) is 53.7 Å². The first-order chi connectivity index (χ1) is 15.7. The molecule has 0 amide bonds. The van der Waals surface area contributed by atoms with Crippen LogP contribution in [0, 0.1) is 19.8 Å². The number of hydrogen-bond acceptors (Lipinski definition) is 6. The molecule has 0 unspecified atom stereocenters. The fraction of sp³-hybridized carbons (Fsp3) is 0.400. The van der Waals surface area contributed by atoms with Gasteiger partial charge >= 0.3 is 0 Å². The van der Waals surface area contributed by atoms with Crippen molar-refractivity contribution in [3.63, 3.8) is 0 Å². The van der Waals surface area contributed by atoms with E-state index in [-0.39, 0.29) is 10.6 Å². The molecule has 176 valence electrons. The van der Waals surface area contributed by atoms with E-state index in [0.29, 0.717) is 23.2 Å². The van der Waals surface area contributed by atoms with Crippen LogP contribution < -0.4 is 10.0 Å². The molecule has 8 heteroatoms. The Balaban J connectivity index is 1.57. The van der Waals surface area contributed by atoms with Gasteiger partial charge < -0.3 is 10.4 Å². The SMILES string of the molecule is Cc1ccc(-c2sc(N[C@@H](C)C3CCCCC3)nc2C)cc1S(=O)(=O)Nc1ccc(O)cc1. The van der Waals surface area contributed by atoms with E-state index in [2.05, 4.69) is 17.0 Å². The van der Waals surface area contributed by atoms with Crippen LogP contribution in [0.25, 0.3) is 10.4 Å². The number of anilines is 2. The number of phenolic OH excluding ortho intramolecular Hbond substituents is 1. The third kappa shape index (κ3) is 5.50. The van der Waals surface area contributed by atoms with Gasteiger partial charge in [-0.3, -0.25) is 4.72 Å². The molecule has 0 bridgehead atoms. The van der Waals surface area contributed by atoms with Crippen molar-refractivity contribution in [3.8, 4) is 16.2 Å². The Morgan fingerprint density at radius 2 is 1.76 bits per heavy atom. The fourth-order valence-corrected chi connectivity index (χ4v) is 6.83. The number of sulfonamides is 1. The zero-order valence-corrected chi connectivity index (χ0v) is 20.9. The molecule has 1 atom stereocenters. The van der Waals surface area contributed by atoms with Crippen LogP contribution in [0.2, 0.25) is 0 Å². The van der Waals surface area contributed by atoms with E-state index in [1.54, 1.807) is 24.3 Å². The van der Waals surface area contributed by atoms with Crippen LogP contribution in [-0.4, -0.2) is 24.6 Å². The Morgan fingerprint density at radius 3 is 2.45 bits per heavy atom. The average molecular weight is 486 g/mol. The fourth-order valence-electron chi connectivity index (χ4n) is 4.44. The quantitative estimate of drug-likeness (QED) is 0.341. The second-order valence-corrected chi connectivity index (χ2v) is 11.5. The second kappa shape index (κ2) is 9.73. The van der Waals surface area contributed by atoms with Crippen LogP contribution in [0.3, 0.4) is 0 Å². The largest absolute Gasteiger partial charge is 0.508 e. The number of benzene rings is 2. The lowest BCUT2D eigenvalue weighted by Gasteiger charge is -2.28. The molecule has 1 fully saturated rings. The number of nitrogens with zero attached hydrogens (tertiary/aromatic N) is 1. The van der Waals surface area contributed by atoms with Gasteiger partial charge in [0.1, 0.15) is 5.75 Å². The lowest BCUT2D eigenvalue weighted by molar-refractivity contribution is 0.328. The summed E-state index contributed by atoms with van der Waals surface area (Å²) in [4.78, 5) is 5.93. The highest BCUT2D eigenvalue weighted by Gasteiger charge is 2.23. The summed E-state index contributed by atoms with van der Waals surface area (Å²) in [6.45, 7) is 5.98. The zero-order valence-electron chi connectivity index (χ0n) is 19.3. The molecule has 6 nitrogen and oxygen atoms in total. The van der Waals surface area contributed by atoms with Crippen LogP contribution >= 0.6 is 11.3 Å². The Hall–Kier alpha value is -2.58. The van der Waals surface area contributed by atoms with Gasteiger partial charge in [-0.25, -0.2) is 13.4 Å². The molecule has 4 rings (SSSR count). The molecule has 0 aliphatic heterocycles. The normalized spacial score (nSPS) is 15.8. The lowest BCUT2D eigenvalue weighted by Crippen LogP contribution is -2.27. The molecule has 3 N–H and O–H groups in total. The molecule has 3 aromatic rings. The van der Waals surface area contributed by atoms with Crippen LogP contribution in [0.1, 0.15) is 50.3 Å². The van der Waals surface area contributed by atoms with Gasteiger partial charge in [0.2, 0.25) is 0 Å². The maximum absolute atomic E-state index is 13.1. The van der Waals surface area contributed by atoms with Gasteiger partial charge in [-0.1, -0.05) is 42.7 Å². The van der Waals surface area contributed by atoms with E-state index in [0.717, 1.165) is 21.3 Å². The number of aryl methyl sites for hydroxylation is 2. The summed E-state index contributed by atoms with van der Waals surface area (Å²) in [5.74, 6) is 0.757. The van der Waals surface area contributed by atoms with E-state index < -0.39 is 10.0 Å². The van der Waals surface area contributed by atoms with E-state index in [4.69, 9.17) is 4.98 Å². The van der Waals surface area contributed by atoms with Crippen molar-refractivity contribution < 1.29 is 13.5 Å². The highest BCUT2D eigenvalue weighted by atomic mass is 32.2. The van der Waals surface area contributed by atoms with Gasteiger partial charge in [-0.05, 0) is 81.0 Å². The maximum Gasteiger partial charge on any atom is 0.262 e. The molecule has 1 aliphatic carbocycles. The molecular weight excluding hydrogens is 454 g/mol. The van der Waals surface area contributed by atoms with Crippen LogP contribution in [-0.2, 0) is 10.0 Å². The summed E-state index contributed by atoms with van der Waals surface area (Å²) < 4.78 is 28.8. The molecule has 2 aromatic carbocycles. The van der Waals surface area contributed by atoms with Crippen molar-refractivity contribution in [1.82, 2.24) is 4.98 Å². The van der Waals surface area contributed by atoms with Crippen molar-refractivity contribution in [2.75, 3.05) is 10.0 Å². The Bertz CT molecular complexity index is 1210. The first-order valence-corrected chi connectivity index (χ1v) is 13.7. The predicted molar refractivity (Wildman–Crippen MR) is 136 cm³/mol. The first kappa shape index (κ1) is 23.6. The third-order valence-corrected chi connectivity index (χ3v) is 9.03. The molecule has 1 aliphatic rings. The van der Waals surface area contributed by atoms with E-state index in [1.807, 2.05) is 19.1 Å². The maximum atomic E-state index is 13.1. The minimum absolute atomic E-state index is 0.0824. The van der Waals surface area contributed by atoms with Crippen molar-refractivity contribution >= 4 is 32.2 Å². The highest BCUT2D eigenvalue weighted by molar-refractivity contribution is 7.92. The average Bonchev–Trinajstić information content (AvgIpc) is 3.16. The summed E-state index contributed by atoms with van der Waals surface area (Å²) in [6, 6.07) is 11.8. The number of nitrogens with one attached hydrogen (secondary N) is 2. The topological polar surface area (TPSA) is 91.3 Å². The summed E-state index contributed by atoms with van der Waals surface area (Å²) in [5, 5.41) is 13.9. The first-order valence-electron chi connectivity index (χ1n) is 11.4. The molecule has 0 radical (unpaired) electrons. The van der Waals surface area contributed by atoms with E-state index in [9.17, 15) is 13.5 Å². The number of phenols is 1. The number of aromatic hydroxyl groups is 1. The summed E-state index contributed by atoms with van der Waals surface area (Å²) in [6.07, 6.45) is 6.47. The monoisotopic (exact) mass is 485 g/mol. The van der Waals surface area contributed by atoms with Gasteiger partial charge in [-0.2, -0.15) is 0 Å². The summed E-state index contributed by atoms with van der Waals surface area (Å²) in [7, 11) is -3.79. The number of rotatable bonds is 7. The van der Waals surface area contributed by atoms with Gasteiger partial charge in [0.15, 0.2) is 5.13 Å². The van der Waals surface area contributed by atoms with Gasteiger partial charge in [0, 0.05) is 11.7 Å². The minimum Gasteiger partial charge on any atom is -0.508 e. The lowest BCUT2D eigenvalue weighted by atomic mass is 9.85. The van der Waals surface area contributed by atoms with Gasteiger partial charge in [-0.15, -0.1) is 0 Å². The molecule has 1 saturated carbocycles. The summed E-state index contributed by atoms with van der Waals surface area (Å²) in [5.41, 5.74) is 2.78. The van der Waals surface area contributed by atoms with Crippen molar-refractivity contribution in [2.24, 2.45) is 5.92 Å². The summed E-state index contributed by atoms with van der Waals surface area (Å²) >= 11 is 1.57. The Morgan fingerprint density at radius 1 is 1.06 bits per heavy atom. The van der Waals surface area contributed by atoms with E-state index in [1.165, 1.54) is 56.4 Å².